The van der Waals surface area contributed by atoms with Gasteiger partial charge in [-0.3, -0.25) is 4.79 Å². The molecule has 150 valence electrons. The summed E-state index contributed by atoms with van der Waals surface area (Å²) < 4.78 is 16.5. The number of nitrogens with one attached hydrogen (secondary N) is 1. The molecule has 2 fully saturated rings. The smallest absolute Gasteiger partial charge is 0.252 e. The van der Waals surface area contributed by atoms with E-state index in [1.807, 2.05) is 12.1 Å². The molecule has 2 heterocycles. The van der Waals surface area contributed by atoms with Crippen LogP contribution in [0.5, 0.6) is 5.75 Å². The van der Waals surface area contributed by atoms with E-state index in [-0.39, 0.29) is 12.0 Å². The standard InChI is InChI=1S/C21H27N3O4/c1-15-22-20(24-28-15)21(11-3-2-4-12-21)23-19(25)16-7-9-17(10-8-16)27-14-18-6-5-13-26-18/h7-10,18H,2-6,11-14H2,1H3,(H,23,25)/t18-/m1/s1. The molecule has 0 bridgehead atoms. The third-order valence-corrected chi connectivity index (χ3v) is 5.59. The van der Waals surface area contributed by atoms with Crippen molar-refractivity contribution in [2.75, 3.05) is 13.2 Å². The summed E-state index contributed by atoms with van der Waals surface area (Å²) >= 11 is 0. The van der Waals surface area contributed by atoms with Crippen LogP contribution in [0.2, 0.25) is 0 Å². The summed E-state index contributed by atoms with van der Waals surface area (Å²) in [5, 5.41) is 7.29. The fourth-order valence-corrected chi connectivity index (χ4v) is 4.01. The van der Waals surface area contributed by atoms with Crippen molar-refractivity contribution in [3.8, 4) is 5.75 Å². The number of ether oxygens (including phenoxy) is 2. The summed E-state index contributed by atoms with van der Waals surface area (Å²) in [7, 11) is 0. The molecule has 1 saturated carbocycles. The SMILES string of the molecule is Cc1nc(C2(NC(=O)c3ccc(OC[C@H]4CCCO4)cc3)CCCCC2)no1. The van der Waals surface area contributed by atoms with Gasteiger partial charge in [-0.25, -0.2) is 0 Å². The van der Waals surface area contributed by atoms with E-state index >= 15 is 0 Å². The minimum absolute atomic E-state index is 0.130. The molecule has 4 rings (SSSR count). The van der Waals surface area contributed by atoms with Gasteiger partial charge in [-0.1, -0.05) is 24.4 Å². The number of rotatable bonds is 6. The lowest BCUT2D eigenvalue weighted by Crippen LogP contribution is -2.48. The van der Waals surface area contributed by atoms with Gasteiger partial charge in [-0.15, -0.1) is 0 Å². The molecule has 1 aromatic heterocycles. The molecule has 1 saturated heterocycles. The van der Waals surface area contributed by atoms with Crippen LogP contribution >= 0.6 is 0 Å². The normalized spacial score (nSPS) is 21.4. The molecule has 1 aromatic carbocycles. The van der Waals surface area contributed by atoms with E-state index in [9.17, 15) is 4.79 Å². The van der Waals surface area contributed by atoms with Crippen LogP contribution in [0.25, 0.3) is 0 Å². The average molecular weight is 385 g/mol. The summed E-state index contributed by atoms with van der Waals surface area (Å²) in [5.74, 6) is 1.71. The molecule has 0 unspecified atom stereocenters. The van der Waals surface area contributed by atoms with Crippen molar-refractivity contribution < 1.29 is 18.8 Å². The molecule has 2 aliphatic rings. The molecule has 28 heavy (non-hydrogen) atoms. The Kier molecular flexibility index (Phi) is 5.62. The van der Waals surface area contributed by atoms with Crippen LogP contribution in [0.3, 0.4) is 0 Å². The maximum Gasteiger partial charge on any atom is 0.252 e. The van der Waals surface area contributed by atoms with Crippen molar-refractivity contribution in [1.82, 2.24) is 15.5 Å². The number of carbonyl (C=O) groups is 1. The van der Waals surface area contributed by atoms with E-state index in [1.165, 1.54) is 0 Å². The summed E-state index contributed by atoms with van der Waals surface area (Å²) in [6, 6.07) is 7.24. The first-order valence-corrected chi connectivity index (χ1v) is 10.1. The largest absolute Gasteiger partial charge is 0.491 e. The quantitative estimate of drug-likeness (QED) is 0.819. The molecule has 1 N–H and O–H groups in total. The number of hydrogen-bond donors (Lipinski definition) is 1. The van der Waals surface area contributed by atoms with E-state index < -0.39 is 5.54 Å². The van der Waals surface area contributed by atoms with E-state index in [1.54, 1.807) is 19.1 Å². The molecule has 1 amide bonds. The Morgan fingerprint density at radius 3 is 2.64 bits per heavy atom. The molecule has 2 aromatic rings. The molecule has 1 aliphatic heterocycles. The summed E-state index contributed by atoms with van der Waals surface area (Å²) in [5.41, 5.74) is 0.0388. The van der Waals surface area contributed by atoms with Crippen molar-refractivity contribution >= 4 is 5.91 Å². The Balaban J connectivity index is 1.42. The van der Waals surface area contributed by atoms with Crippen LogP contribution in [-0.4, -0.2) is 35.4 Å². The van der Waals surface area contributed by atoms with Gasteiger partial charge in [0, 0.05) is 19.1 Å². The van der Waals surface area contributed by atoms with Crippen LogP contribution < -0.4 is 10.1 Å². The second-order valence-electron chi connectivity index (χ2n) is 7.70. The van der Waals surface area contributed by atoms with Crippen LogP contribution in [0, 0.1) is 6.92 Å². The number of aryl methyl sites for hydroxylation is 1. The second kappa shape index (κ2) is 8.31. The number of carbonyl (C=O) groups excluding carboxylic acids is 1. The molecular formula is C21H27N3O4. The number of nitrogens with zero attached hydrogens (tertiary/aromatic N) is 2. The van der Waals surface area contributed by atoms with Crippen molar-refractivity contribution in [3.63, 3.8) is 0 Å². The lowest BCUT2D eigenvalue weighted by Gasteiger charge is -2.35. The van der Waals surface area contributed by atoms with Gasteiger partial charge in [0.15, 0.2) is 5.82 Å². The maximum absolute atomic E-state index is 12.9. The molecule has 1 atom stereocenters. The topological polar surface area (TPSA) is 86.5 Å². The zero-order valence-electron chi connectivity index (χ0n) is 16.3. The van der Waals surface area contributed by atoms with E-state index in [4.69, 9.17) is 14.0 Å². The molecule has 0 radical (unpaired) electrons. The predicted molar refractivity (Wildman–Crippen MR) is 102 cm³/mol. The first-order chi connectivity index (χ1) is 13.6. The molecule has 0 spiro atoms. The Hall–Kier alpha value is -2.41. The Labute approximate surface area is 164 Å². The van der Waals surface area contributed by atoms with Crippen molar-refractivity contribution in [2.24, 2.45) is 0 Å². The lowest BCUT2D eigenvalue weighted by molar-refractivity contribution is 0.0679. The number of amides is 1. The first-order valence-electron chi connectivity index (χ1n) is 10.1. The zero-order chi connectivity index (χ0) is 19.4. The molecular weight excluding hydrogens is 358 g/mol. The van der Waals surface area contributed by atoms with Gasteiger partial charge < -0.3 is 19.3 Å². The van der Waals surface area contributed by atoms with Gasteiger partial charge in [-0.05, 0) is 49.9 Å². The van der Waals surface area contributed by atoms with Crippen LogP contribution in [-0.2, 0) is 10.3 Å². The summed E-state index contributed by atoms with van der Waals surface area (Å²) in [6.07, 6.45) is 7.17. The third kappa shape index (κ3) is 4.19. The molecule has 1 aliphatic carbocycles. The van der Waals surface area contributed by atoms with Gasteiger partial charge >= 0.3 is 0 Å². The highest BCUT2D eigenvalue weighted by Gasteiger charge is 2.39. The van der Waals surface area contributed by atoms with E-state index in [0.29, 0.717) is 23.9 Å². The first kappa shape index (κ1) is 18.9. The lowest BCUT2D eigenvalue weighted by atomic mass is 9.80. The van der Waals surface area contributed by atoms with Crippen LogP contribution in [0.15, 0.2) is 28.8 Å². The van der Waals surface area contributed by atoms with Crippen molar-refractivity contribution in [3.05, 3.63) is 41.5 Å². The van der Waals surface area contributed by atoms with Crippen molar-refractivity contribution in [1.29, 1.82) is 0 Å². The van der Waals surface area contributed by atoms with E-state index in [2.05, 4.69) is 15.5 Å². The van der Waals surface area contributed by atoms with Crippen LogP contribution in [0.4, 0.5) is 0 Å². The molecule has 7 heteroatoms. The van der Waals surface area contributed by atoms with Gasteiger partial charge in [0.05, 0.1) is 6.10 Å². The monoisotopic (exact) mass is 385 g/mol. The zero-order valence-corrected chi connectivity index (χ0v) is 16.3. The predicted octanol–water partition coefficient (Wildman–Crippen LogP) is 3.53. The van der Waals surface area contributed by atoms with Gasteiger partial charge in [0.25, 0.3) is 5.91 Å². The summed E-state index contributed by atoms with van der Waals surface area (Å²) in [6.45, 7) is 3.13. The van der Waals surface area contributed by atoms with Crippen LogP contribution in [0.1, 0.15) is 67.0 Å². The second-order valence-corrected chi connectivity index (χ2v) is 7.70. The average Bonchev–Trinajstić information content (AvgIpc) is 3.39. The highest BCUT2D eigenvalue weighted by Crippen LogP contribution is 2.36. The van der Waals surface area contributed by atoms with Gasteiger partial charge in [0.1, 0.15) is 17.9 Å². The summed E-state index contributed by atoms with van der Waals surface area (Å²) in [4.78, 5) is 17.3. The number of aromatic nitrogens is 2. The Bertz CT molecular complexity index is 790. The number of hydrogen-bond acceptors (Lipinski definition) is 6. The highest BCUT2D eigenvalue weighted by molar-refractivity contribution is 5.94. The highest BCUT2D eigenvalue weighted by atomic mass is 16.5. The molecule has 7 nitrogen and oxygen atoms in total. The Morgan fingerprint density at radius 1 is 1.21 bits per heavy atom. The van der Waals surface area contributed by atoms with Gasteiger partial charge in [0.2, 0.25) is 5.89 Å². The maximum atomic E-state index is 12.9. The van der Waals surface area contributed by atoms with Crippen molar-refractivity contribution in [2.45, 2.75) is 63.5 Å². The fraction of sp³-hybridized carbons (Fsp3) is 0.571. The minimum atomic E-state index is -0.553. The Morgan fingerprint density at radius 2 is 2.00 bits per heavy atom. The fourth-order valence-electron chi connectivity index (χ4n) is 4.01. The van der Waals surface area contributed by atoms with E-state index in [0.717, 1.165) is 57.3 Å². The minimum Gasteiger partial charge on any atom is -0.491 e. The third-order valence-electron chi connectivity index (χ3n) is 5.59. The van der Waals surface area contributed by atoms with Gasteiger partial charge in [-0.2, -0.15) is 4.98 Å². The number of benzene rings is 1.